The lowest BCUT2D eigenvalue weighted by Gasteiger charge is -2.09. The highest BCUT2D eigenvalue weighted by Crippen LogP contribution is 2.06. The van der Waals surface area contributed by atoms with Crippen LogP contribution in [0.2, 0.25) is 0 Å². The molecule has 11 heavy (non-hydrogen) atoms. The Hall–Kier alpha value is -0.790. The van der Waals surface area contributed by atoms with Gasteiger partial charge < -0.3 is 9.90 Å². The number of hydrogen-bond acceptors (Lipinski definition) is 2. The van der Waals surface area contributed by atoms with E-state index in [1.807, 2.05) is 19.9 Å². The predicted octanol–water partition coefficient (Wildman–Crippen LogP) is 1.12. The molecule has 0 spiro atoms. The first-order valence-electron chi connectivity index (χ1n) is 3.88. The second kappa shape index (κ2) is 4.94. The van der Waals surface area contributed by atoms with Crippen molar-refractivity contribution in [3.63, 3.8) is 0 Å². The van der Waals surface area contributed by atoms with Crippen LogP contribution in [0.3, 0.4) is 0 Å². The molecule has 64 valence electrons. The quantitative estimate of drug-likeness (QED) is 0.571. The van der Waals surface area contributed by atoms with Crippen molar-refractivity contribution in [1.82, 2.24) is 0 Å². The Morgan fingerprint density at radius 1 is 1.55 bits per heavy atom. The fraction of sp³-hybridized carbons (Fsp3) is 0.667. The number of carbonyl (C=O) groups is 1. The highest BCUT2D eigenvalue weighted by molar-refractivity contribution is 5.66. The molecule has 0 heterocycles. The van der Waals surface area contributed by atoms with Crippen LogP contribution < -0.4 is 5.11 Å². The molecule has 1 unspecified atom stereocenters. The van der Waals surface area contributed by atoms with Gasteiger partial charge in [-0.1, -0.05) is 18.6 Å². The molecule has 0 bridgehead atoms. The number of carboxylic acid groups (broad SMARTS) is 1. The summed E-state index contributed by atoms with van der Waals surface area (Å²) in [6, 6.07) is 0. The van der Waals surface area contributed by atoms with Crippen molar-refractivity contribution in [2.24, 2.45) is 5.92 Å². The van der Waals surface area contributed by atoms with E-state index in [9.17, 15) is 9.90 Å². The van der Waals surface area contributed by atoms with Crippen LogP contribution in [-0.2, 0) is 4.79 Å². The minimum absolute atomic E-state index is 0.328. The van der Waals surface area contributed by atoms with Gasteiger partial charge in [-0.25, -0.2) is 0 Å². The minimum Gasteiger partial charge on any atom is -0.550 e. The van der Waals surface area contributed by atoms with Crippen LogP contribution >= 0.6 is 0 Å². The molecule has 0 saturated carbocycles. The number of rotatable bonds is 4. The van der Waals surface area contributed by atoms with Crippen LogP contribution in [0.4, 0.5) is 0 Å². The summed E-state index contributed by atoms with van der Waals surface area (Å²) in [5.74, 6) is -1.28. The molecule has 0 aliphatic heterocycles. The topological polar surface area (TPSA) is 40.1 Å². The van der Waals surface area contributed by atoms with Gasteiger partial charge in [0.1, 0.15) is 0 Å². The Labute approximate surface area is 67.9 Å². The molecule has 0 saturated heterocycles. The second-order valence-electron chi connectivity index (χ2n) is 3.08. The van der Waals surface area contributed by atoms with Crippen LogP contribution in [-0.4, -0.2) is 5.97 Å². The number of aliphatic carboxylic acids is 1. The molecule has 0 rings (SSSR count). The fourth-order valence-corrected chi connectivity index (χ4v) is 0.740. The molecule has 0 N–H and O–H groups in total. The van der Waals surface area contributed by atoms with E-state index < -0.39 is 5.97 Å². The Morgan fingerprint density at radius 3 is 2.45 bits per heavy atom. The van der Waals surface area contributed by atoms with E-state index in [0.29, 0.717) is 6.42 Å². The smallest absolute Gasteiger partial charge is 0.0442 e. The molecule has 0 amide bonds. The Balaban J connectivity index is 3.55. The van der Waals surface area contributed by atoms with Crippen LogP contribution in [0, 0.1) is 5.92 Å². The lowest BCUT2D eigenvalue weighted by molar-refractivity contribution is -0.311. The van der Waals surface area contributed by atoms with Gasteiger partial charge in [0.05, 0.1) is 0 Å². The van der Waals surface area contributed by atoms with Crippen molar-refractivity contribution in [3.8, 4) is 0 Å². The van der Waals surface area contributed by atoms with Crippen molar-refractivity contribution in [2.45, 2.75) is 33.6 Å². The summed E-state index contributed by atoms with van der Waals surface area (Å²) in [7, 11) is 0. The van der Waals surface area contributed by atoms with Gasteiger partial charge in [-0.05, 0) is 32.6 Å². The molecule has 0 aromatic heterocycles. The van der Waals surface area contributed by atoms with E-state index in [2.05, 4.69) is 0 Å². The van der Waals surface area contributed by atoms with Crippen molar-refractivity contribution >= 4 is 5.97 Å². The SMILES string of the molecule is CC(C)=CCCC(C)C(=O)[O-]. The van der Waals surface area contributed by atoms with Gasteiger partial charge in [-0.15, -0.1) is 0 Å². The van der Waals surface area contributed by atoms with Crippen LogP contribution in [0.25, 0.3) is 0 Å². The maximum Gasteiger partial charge on any atom is 0.0442 e. The van der Waals surface area contributed by atoms with E-state index in [4.69, 9.17) is 0 Å². The first-order valence-corrected chi connectivity index (χ1v) is 3.88. The molecule has 0 aromatic carbocycles. The number of carboxylic acids is 1. The molecule has 0 aliphatic rings. The van der Waals surface area contributed by atoms with Gasteiger partial charge in [0.2, 0.25) is 0 Å². The predicted molar refractivity (Wildman–Crippen MR) is 42.8 cm³/mol. The average Bonchev–Trinajstić information content (AvgIpc) is 1.86. The summed E-state index contributed by atoms with van der Waals surface area (Å²) in [6.07, 6.45) is 3.55. The van der Waals surface area contributed by atoms with Gasteiger partial charge in [0, 0.05) is 5.97 Å². The van der Waals surface area contributed by atoms with E-state index in [-0.39, 0.29) is 5.92 Å². The number of hydrogen-bond donors (Lipinski definition) is 0. The molecule has 0 radical (unpaired) electrons. The molecule has 2 heteroatoms. The zero-order valence-electron chi connectivity index (χ0n) is 7.39. The van der Waals surface area contributed by atoms with E-state index >= 15 is 0 Å². The largest absolute Gasteiger partial charge is 0.550 e. The maximum atomic E-state index is 10.2. The van der Waals surface area contributed by atoms with Crippen molar-refractivity contribution in [3.05, 3.63) is 11.6 Å². The average molecular weight is 155 g/mol. The number of carbonyl (C=O) groups excluding carboxylic acids is 1. The molecule has 0 fully saturated rings. The van der Waals surface area contributed by atoms with Crippen molar-refractivity contribution in [2.75, 3.05) is 0 Å². The Bertz CT molecular complexity index is 155. The minimum atomic E-state index is -0.952. The maximum absolute atomic E-state index is 10.2. The van der Waals surface area contributed by atoms with Crippen LogP contribution in [0.1, 0.15) is 33.6 Å². The Kier molecular flexibility index (Phi) is 4.59. The second-order valence-corrected chi connectivity index (χ2v) is 3.08. The molecule has 2 nitrogen and oxygen atoms in total. The summed E-state index contributed by atoms with van der Waals surface area (Å²) >= 11 is 0. The van der Waals surface area contributed by atoms with Crippen molar-refractivity contribution < 1.29 is 9.90 Å². The zero-order valence-corrected chi connectivity index (χ0v) is 7.39. The number of allylic oxidation sites excluding steroid dienone is 2. The highest BCUT2D eigenvalue weighted by Gasteiger charge is 1.99. The molecular formula is C9H15O2-. The molecule has 0 aliphatic carbocycles. The van der Waals surface area contributed by atoms with Gasteiger partial charge >= 0.3 is 0 Å². The van der Waals surface area contributed by atoms with Gasteiger partial charge in [0.15, 0.2) is 0 Å². The molecule has 1 atom stereocenters. The summed E-state index contributed by atoms with van der Waals surface area (Å²) < 4.78 is 0. The summed E-state index contributed by atoms with van der Waals surface area (Å²) in [4.78, 5) is 10.2. The third-order valence-corrected chi connectivity index (χ3v) is 1.55. The van der Waals surface area contributed by atoms with Crippen molar-refractivity contribution in [1.29, 1.82) is 0 Å². The molecule has 0 aromatic rings. The third kappa shape index (κ3) is 5.64. The van der Waals surface area contributed by atoms with Crippen LogP contribution in [0.5, 0.6) is 0 Å². The Morgan fingerprint density at radius 2 is 2.09 bits per heavy atom. The highest BCUT2D eigenvalue weighted by atomic mass is 16.4. The van der Waals surface area contributed by atoms with E-state index in [1.54, 1.807) is 6.92 Å². The summed E-state index contributed by atoms with van der Waals surface area (Å²) in [6.45, 7) is 5.68. The zero-order chi connectivity index (χ0) is 8.85. The van der Waals surface area contributed by atoms with Crippen LogP contribution in [0.15, 0.2) is 11.6 Å². The fourth-order valence-electron chi connectivity index (χ4n) is 0.740. The lowest BCUT2D eigenvalue weighted by atomic mass is 10.1. The van der Waals surface area contributed by atoms with Gasteiger partial charge in [0.25, 0.3) is 0 Å². The van der Waals surface area contributed by atoms with Gasteiger partial charge in [-0.2, -0.15) is 0 Å². The summed E-state index contributed by atoms with van der Waals surface area (Å²) in [5, 5.41) is 10.2. The third-order valence-electron chi connectivity index (χ3n) is 1.55. The standard InChI is InChI=1S/C9H16O2/c1-7(2)5-4-6-8(3)9(10)11/h5,8H,4,6H2,1-3H3,(H,10,11)/p-1. The first kappa shape index (κ1) is 10.2. The van der Waals surface area contributed by atoms with Gasteiger partial charge in [-0.3, -0.25) is 0 Å². The van der Waals surface area contributed by atoms with E-state index in [1.165, 1.54) is 5.57 Å². The summed E-state index contributed by atoms with van der Waals surface area (Å²) in [5.41, 5.74) is 1.23. The normalized spacial score (nSPS) is 12.3. The molecular weight excluding hydrogens is 140 g/mol. The monoisotopic (exact) mass is 155 g/mol. The van der Waals surface area contributed by atoms with E-state index in [0.717, 1.165) is 6.42 Å². The first-order chi connectivity index (χ1) is 5.04. The lowest BCUT2D eigenvalue weighted by Crippen LogP contribution is -2.29.